The number of benzene rings is 3. The maximum atomic E-state index is 15.1. The van der Waals surface area contributed by atoms with Crippen LogP contribution in [0.25, 0.3) is 10.8 Å². The Morgan fingerprint density at radius 1 is 0.906 bits per heavy atom. The van der Waals surface area contributed by atoms with E-state index in [1.807, 2.05) is 18.2 Å². The fourth-order valence-corrected chi connectivity index (χ4v) is 4.09. The molecule has 32 heavy (non-hydrogen) atoms. The molecule has 3 aromatic rings. The number of ether oxygens (including phenoxy) is 3. The molecular weight excluding hydrogens is 417 g/mol. The SMILES string of the molecule is COCCCC1COC(c2ccc3c(F)c(CCc4ccc(F)c(F)c4)ccc3c2)OC1. The van der Waals surface area contributed by atoms with Gasteiger partial charge in [0.25, 0.3) is 0 Å². The van der Waals surface area contributed by atoms with Crippen molar-refractivity contribution in [2.24, 2.45) is 5.92 Å². The van der Waals surface area contributed by atoms with Gasteiger partial charge >= 0.3 is 0 Å². The molecule has 0 amide bonds. The molecule has 0 N–H and O–H groups in total. The van der Waals surface area contributed by atoms with E-state index in [4.69, 9.17) is 14.2 Å². The third-order valence-electron chi connectivity index (χ3n) is 5.92. The van der Waals surface area contributed by atoms with E-state index in [1.165, 1.54) is 6.07 Å². The Hall–Kier alpha value is -2.41. The predicted molar refractivity (Wildman–Crippen MR) is 117 cm³/mol. The van der Waals surface area contributed by atoms with E-state index in [1.54, 1.807) is 19.2 Å². The molecule has 0 unspecified atom stereocenters. The lowest BCUT2D eigenvalue weighted by Gasteiger charge is -2.29. The number of methoxy groups -OCH3 is 1. The molecule has 0 aliphatic carbocycles. The Balaban J connectivity index is 1.41. The minimum atomic E-state index is -0.887. The lowest BCUT2D eigenvalue weighted by Crippen LogP contribution is -2.27. The largest absolute Gasteiger partial charge is 0.385 e. The first-order valence-electron chi connectivity index (χ1n) is 10.9. The maximum Gasteiger partial charge on any atom is 0.183 e. The van der Waals surface area contributed by atoms with Crippen molar-refractivity contribution in [2.75, 3.05) is 26.9 Å². The summed E-state index contributed by atoms with van der Waals surface area (Å²) in [6, 6.07) is 12.9. The van der Waals surface area contributed by atoms with Crippen LogP contribution in [0.1, 0.15) is 35.8 Å². The Bertz CT molecular complexity index is 1060. The lowest BCUT2D eigenvalue weighted by atomic mass is 9.98. The third-order valence-corrected chi connectivity index (χ3v) is 5.92. The first kappa shape index (κ1) is 22.8. The van der Waals surface area contributed by atoms with Gasteiger partial charge in [0, 0.05) is 30.6 Å². The van der Waals surface area contributed by atoms with Crippen LogP contribution in [0.3, 0.4) is 0 Å². The summed E-state index contributed by atoms with van der Waals surface area (Å²) in [5.41, 5.74) is 2.03. The highest BCUT2D eigenvalue weighted by Gasteiger charge is 2.23. The van der Waals surface area contributed by atoms with Crippen LogP contribution in [0.4, 0.5) is 13.2 Å². The van der Waals surface area contributed by atoms with Gasteiger partial charge in [-0.05, 0) is 60.4 Å². The van der Waals surface area contributed by atoms with Gasteiger partial charge in [-0.3, -0.25) is 0 Å². The van der Waals surface area contributed by atoms with E-state index in [-0.39, 0.29) is 5.82 Å². The average molecular weight is 444 g/mol. The highest BCUT2D eigenvalue weighted by molar-refractivity contribution is 5.84. The van der Waals surface area contributed by atoms with Crippen LogP contribution in [-0.2, 0) is 27.1 Å². The Kier molecular flexibility index (Phi) is 7.45. The number of fused-ring (bicyclic) bond motifs is 1. The highest BCUT2D eigenvalue weighted by Crippen LogP contribution is 2.31. The van der Waals surface area contributed by atoms with Crippen LogP contribution in [0.2, 0.25) is 0 Å². The first-order valence-corrected chi connectivity index (χ1v) is 10.9. The Morgan fingerprint density at radius 2 is 1.72 bits per heavy atom. The van der Waals surface area contributed by atoms with Gasteiger partial charge in [-0.25, -0.2) is 13.2 Å². The van der Waals surface area contributed by atoms with Crippen LogP contribution in [0, 0.1) is 23.4 Å². The molecule has 0 saturated carbocycles. The van der Waals surface area contributed by atoms with Gasteiger partial charge in [0.1, 0.15) is 5.82 Å². The van der Waals surface area contributed by atoms with Crippen LogP contribution in [0.15, 0.2) is 48.5 Å². The molecule has 0 aromatic heterocycles. The quantitative estimate of drug-likeness (QED) is 0.391. The van der Waals surface area contributed by atoms with Gasteiger partial charge in [-0.2, -0.15) is 0 Å². The monoisotopic (exact) mass is 444 g/mol. The molecule has 1 aliphatic rings. The number of halogens is 3. The van der Waals surface area contributed by atoms with Crippen LogP contribution in [-0.4, -0.2) is 26.9 Å². The van der Waals surface area contributed by atoms with E-state index < -0.39 is 17.9 Å². The van der Waals surface area contributed by atoms with Gasteiger partial charge in [-0.15, -0.1) is 0 Å². The molecule has 0 spiro atoms. The molecule has 0 radical (unpaired) electrons. The fraction of sp³-hybridized carbons (Fsp3) is 0.385. The predicted octanol–water partition coefficient (Wildman–Crippen LogP) is 6.13. The smallest absolute Gasteiger partial charge is 0.183 e. The summed E-state index contributed by atoms with van der Waals surface area (Å²) in [4.78, 5) is 0. The zero-order chi connectivity index (χ0) is 22.5. The van der Waals surface area contributed by atoms with Crippen LogP contribution >= 0.6 is 0 Å². The van der Waals surface area contributed by atoms with E-state index in [0.29, 0.717) is 48.5 Å². The van der Waals surface area contributed by atoms with Gasteiger partial charge < -0.3 is 14.2 Å². The van der Waals surface area contributed by atoms with E-state index in [2.05, 4.69) is 0 Å². The second-order valence-corrected chi connectivity index (χ2v) is 8.27. The normalized spacial score (nSPS) is 18.9. The molecule has 3 nitrogen and oxygen atoms in total. The molecule has 1 heterocycles. The van der Waals surface area contributed by atoms with Crippen molar-refractivity contribution in [3.63, 3.8) is 0 Å². The van der Waals surface area contributed by atoms with E-state index in [0.717, 1.165) is 42.5 Å². The summed E-state index contributed by atoms with van der Waals surface area (Å²) in [6.45, 7) is 1.99. The second kappa shape index (κ2) is 10.5. The molecule has 0 atom stereocenters. The first-order chi connectivity index (χ1) is 15.5. The summed E-state index contributed by atoms with van der Waals surface area (Å²) < 4.78 is 58.5. The zero-order valence-electron chi connectivity index (χ0n) is 18.1. The zero-order valence-corrected chi connectivity index (χ0v) is 18.1. The van der Waals surface area contributed by atoms with Crippen molar-refractivity contribution in [1.29, 1.82) is 0 Å². The number of rotatable bonds is 8. The van der Waals surface area contributed by atoms with Crippen molar-refractivity contribution in [3.05, 3.63) is 82.7 Å². The second-order valence-electron chi connectivity index (χ2n) is 8.27. The topological polar surface area (TPSA) is 27.7 Å². The van der Waals surface area contributed by atoms with Gasteiger partial charge in [-0.1, -0.05) is 30.3 Å². The molecule has 170 valence electrons. The minimum Gasteiger partial charge on any atom is -0.385 e. The minimum absolute atomic E-state index is 0.291. The van der Waals surface area contributed by atoms with Crippen LogP contribution in [0.5, 0.6) is 0 Å². The number of hydrogen-bond donors (Lipinski definition) is 0. The van der Waals surface area contributed by atoms with Gasteiger partial charge in [0.15, 0.2) is 17.9 Å². The van der Waals surface area contributed by atoms with Gasteiger partial charge in [0.05, 0.1) is 13.2 Å². The van der Waals surface area contributed by atoms with Crippen molar-refractivity contribution in [2.45, 2.75) is 32.0 Å². The van der Waals surface area contributed by atoms with Crippen molar-refractivity contribution < 1.29 is 27.4 Å². The summed E-state index contributed by atoms with van der Waals surface area (Å²) in [5, 5.41) is 1.29. The standard InChI is InChI=1S/C26H27F3O3/c1-30-12-2-3-18-15-31-26(32-16-18)21-9-10-22-20(14-21)8-7-19(25(22)29)6-4-17-5-11-23(27)24(28)13-17/h5,7-11,13-14,18,26H,2-4,6,12,15-16H2,1H3. The van der Waals surface area contributed by atoms with Crippen molar-refractivity contribution in [1.82, 2.24) is 0 Å². The molecule has 6 heteroatoms. The molecule has 4 rings (SSSR count). The average Bonchev–Trinajstić information content (AvgIpc) is 2.81. The summed E-state index contributed by atoms with van der Waals surface area (Å²) >= 11 is 0. The number of aryl methyl sites for hydroxylation is 2. The highest BCUT2D eigenvalue weighted by atomic mass is 19.2. The van der Waals surface area contributed by atoms with Crippen molar-refractivity contribution >= 4 is 10.8 Å². The Morgan fingerprint density at radius 3 is 2.47 bits per heavy atom. The number of hydrogen-bond acceptors (Lipinski definition) is 3. The molecule has 0 bridgehead atoms. The van der Waals surface area contributed by atoms with E-state index >= 15 is 4.39 Å². The summed E-state index contributed by atoms with van der Waals surface area (Å²) in [6.07, 6.45) is 2.35. The summed E-state index contributed by atoms with van der Waals surface area (Å²) in [5.74, 6) is -1.70. The summed E-state index contributed by atoms with van der Waals surface area (Å²) in [7, 11) is 1.70. The molecule has 1 fully saturated rings. The van der Waals surface area contributed by atoms with E-state index in [9.17, 15) is 8.78 Å². The molecule has 3 aromatic carbocycles. The third kappa shape index (κ3) is 5.31. The molecule has 1 saturated heterocycles. The molecular formula is C26H27F3O3. The molecule has 1 aliphatic heterocycles. The lowest BCUT2D eigenvalue weighted by molar-refractivity contribution is -0.206. The van der Waals surface area contributed by atoms with Crippen LogP contribution < -0.4 is 0 Å². The Labute approximate surface area is 186 Å². The van der Waals surface area contributed by atoms with Crippen molar-refractivity contribution in [3.8, 4) is 0 Å². The fourth-order valence-electron chi connectivity index (χ4n) is 4.09. The maximum absolute atomic E-state index is 15.1. The van der Waals surface area contributed by atoms with Gasteiger partial charge in [0.2, 0.25) is 0 Å².